The Bertz CT molecular complexity index is 725. The minimum absolute atomic E-state index is 0.742. The van der Waals surface area contributed by atoms with E-state index in [1.165, 1.54) is 3.57 Å². The van der Waals surface area contributed by atoms with Crippen molar-refractivity contribution < 1.29 is 0 Å². The standard InChI is InChI=1S/C14H10IN3/c1-9-5-11-7-17-14(18-13(11)8-16-9)10-3-2-4-12(15)6-10/h2-8H,1H3. The SMILES string of the molecule is Cc1cc2cnc(-c3cccc(I)c3)nc2cn1. The molecule has 0 unspecified atom stereocenters. The highest BCUT2D eigenvalue weighted by Crippen LogP contribution is 2.20. The molecule has 0 fully saturated rings. The van der Waals surface area contributed by atoms with Crippen molar-refractivity contribution in [1.82, 2.24) is 15.0 Å². The van der Waals surface area contributed by atoms with E-state index < -0.39 is 0 Å². The Morgan fingerprint density at radius 2 is 1.94 bits per heavy atom. The monoisotopic (exact) mass is 347 g/mol. The third-order valence-electron chi connectivity index (χ3n) is 2.69. The van der Waals surface area contributed by atoms with Gasteiger partial charge in [0.05, 0.1) is 11.7 Å². The van der Waals surface area contributed by atoms with E-state index >= 15 is 0 Å². The number of rotatable bonds is 1. The number of pyridine rings is 1. The lowest BCUT2D eigenvalue weighted by Gasteiger charge is -2.03. The van der Waals surface area contributed by atoms with Crippen LogP contribution in [0.3, 0.4) is 0 Å². The predicted octanol–water partition coefficient (Wildman–Crippen LogP) is 3.60. The first-order valence-electron chi connectivity index (χ1n) is 5.58. The molecule has 0 saturated carbocycles. The van der Waals surface area contributed by atoms with Crippen LogP contribution in [-0.2, 0) is 0 Å². The van der Waals surface area contributed by atoms with Gasteiger partial charge in [-0.15, -0.1) is 0 Å². The van der Waals surface area contributed by atoms with Gasteiger partial charge in [0.15, 0.2) is 5.82 Å². The van der Waals surface area contributed by atoms with Crippen molar-refractivity contribution in [3.8, 4) is 11.4 Å². The van der Waals surface area contributed by atoms with E-state index in [1.54, 1.807) is 6.20 Å². The minimum Gasteiger partial charge on any atom is -0.259 e. The first-order valence-corrected chi connectivity index (χ1v) is 6.65. The molecule has 0 radical (unpaired) electrons. The van der Waals surface area contributed by atoms with Gasteiger partial charge in [-0.1, -0.05) is 12.1 Å². The summed E-state index contributed by atoms with van der Waals surface area (Å²) >= 11 is 2.29. The largest absolute Gasteiger partial charge is 0.259 e. The molecule has 3 aromatic rings. The molecule has 0 aliphatic heterocycles. The fourth-order valence-electron chi connectivity index (χ4n) is 1.81. The molecular formula is C14H10IN3. The fourth-order valence-corrected chi connectivity index (χ4v) is 2.35. The predicted molar refractivity (Wildman–Crippen MR) is 80.2 cm³/mol. The van der Waals surface area contributed by atoms with Gasteiger partial charge in [0.1, 0.15) is 0 Å². The van der Waals surface area contributed by atoms with Crippen LogP contribution in [0.2, 0.25) is 0 Å². The summed E-state index contributed by atoms with van der Waals surface area (Å²) in [5, 5.41) is 1.02. The Labute approximate surface area is 118 Å². The van der Waals surface area contributed by atoms with E-state index in [-0.39, 0.29) is 0 Å². The third-order valence-corrected chi connectivity index (χ3v) is 3.36. The Balaban J connectivity index is 2.16. The van der Waals surface area contributed by atoms with Gasteiger partial charge >= 0.3 is 0 Å². The zero-order valence-electron chi connectivity index (χ0n) is 9.76. The number of hydrogen-bond acceptors (Lipinski definition) is 3. The van der Waals surface area contributed by atoms with Crippen molar-refractivity contribution in [3.05, 3.63) is 52.0 Å². The highest BCUT2D eigenvalue weighted by molar-refractivity contribution is 14.1. The number of benzene rings is 1. The summed E-state index contributed by atoms with van der Waals surface area (Å²) < 4.78 is 1.18. The van der Waals surface area contributed by atoms with Gasteiger partial charge in [-0.25, -0.2) is 9.97 Å². The first-order chi connectivity index (χ1) is 8.72. The number of hydrogen-bond donors (Lipinski definition) is 0. The zero-order chi connectivity index (χ0) is 12.5. The van der Waals surface area contributed by atoms with Gasteiger partial charge in [0.2, 0.25) is 0 Å². The van der Waals surface area contributed by atoms with Crippen molar-refractivity contribution in [3.63, 3.8) is 0 Å². The zero-order valence-corrected chi connectivity index (χ0v) is 11.9. The van der Waals surface area contributed by atoms with Gasteiger partial charge in [0, 0.05) is 26.4 Å². The average molecular weight is 347 g/mol. The van der Waals surface area contributed by atoms with E-state index in [0.29, 0.717) is 0 Å². The van der Waals surface area contributed by atoms with Crippen LogP contribution in [0.15, 0.2) is 42.7 Å². The number of halogens is 1. The number of fused-ring (bicyclic) bond motifs is 1. The maximum atomic E-state index is 4.55. The van der Waals surface area contributed by atoms with Gasteiger partial charge in [-0.2, -0.15) is 0 Å². The molecular weight excluding hydrogens is 337 g/mol. The molecule has 0 spiro atoms. The van der Waals surface area contributed by atoms with E-state index in [2.05, 4.69) is 49.7 Å². The number of aryl methyl sites for hydroxylation is 1. The van der Waals surface area contributed by atoms with Crippen LogP contribution >= 0.6 is 22.6 Å². The van der Waals surface area contributed by atoms with Gasteiger partial charge in [-0.3, -0.25) is 4.98 Å². The van der Waals surface area contributed by atoms with Crippen molar-refractivity contribution >= 4 is 33.5 Å². The summed E-state index contributed by atoms with van der Waals surface area (Å²) in [6.07, 6.45) is 3.65. The maximum Gasteiger partial charge on any atom is 0.159 e. The summed E-state index contributed by atoms with van der Waals surface area (Å²) in [5.41, 5.74) is 2.89. The Hall–Kier alpha value is -1.56. The van der Waals surface area contributed by atoms with E-state index in [0.717, 1.165) is 28.0 Å². The second-order valence-electron chi connectivity index (χ2n) is 4.09. The Kier molecular flexibility index (Phi) is 2.95. The van der Waals surface area contributed by atoms with E-state index in [1.807, 2.05) is 31.3 Å². The van der Waals surface area contributed by atoms with Crippen LogP contribution in [0.1, 0.15) is 5.69 Å². The minimum atomic E-state index is 0.742. The lowest BCUT2D eigenvalue weighted by Crippen LogP contribution is -1.92. The lowest BCUT2D eigenvalue weighted by molar-refractivity contribution is 1.17. The van der Waals surface area contributed by atoms with Crippen LogP contribution in [0.25, 0.3) is 22.3 Å². The summed E-state index contributed by atoms with van der Waals surface area (Å²) in [6, 6.07) is 10.1. The van der Waals surface area contributed by atoms with Crippen molar-refractivity contribution in [2.75, 3.05) is 0 Å². The number of aromatic nitrogens is 3. The Morgan fingerprint density at radius 1 is 1.06 bits per heavy atom. The molecule has 0 aliphatic rings. The molecule has 0 saturated heterocycles. The van der Waals surface area contributed by atoms with Crippen LogP contribution in [0.5, 0.6) is 0 Å². The fraction of sp³-hybridized carbons (Fsp3) is 0.0714. The second kappa shape index (κ2) is 4.61. The normalized spacial score (nSPS) is 10.8. The molecule has 88 valence electrons. The second-order valence-corrected chi connectivity index (χ2v) is 5.33. The average Bonchev–Trinajstić information content (AvgIpc) is 2.38. The topological polar surface area (TPSA) is 38.7 Å². The first kappa shape index (κ1) is 11.5. The Morgan fingerprint density at radius 3 is 2.78 bits per heavy atom. The molecule has 2 aromatic heterocycles. The van der Waals surface area contributed by atoms with E-state index in [4.69, 9.17) is 0 Å². The summed E-state index contributed by atoms with van der Waals surface area (Å²) in [7, 11) is 0. The molecule has 18 heavy (non-hydrogen) atoms. The van der Waals surface area contributed by atoms with Crippen LogP contribution in [0.4, 0.5) is 0 Å². The third kappa shape index (κ3) is 2.20. The molecule has 2 heterocycles. The molecule has 0 atom stereocenters. The summed E-state index contributed by atoms with van der Waals surface area (Å²) in [6.45, 7) is 1.97. The molecule has 0 aliphatic carbocycles. The van der Waals surface area contributed by atoms with Crippen LogP contribution < -0.4 is 0 Å². The molecule has 1 aromatic carbocycles. The summed E-state index contributed by atoms with van der Waals surface area (Å²) in [5.74, 6) is 0.742. The van der Waals surface area contributed by atoms with E-state index in [9.17, 15) is 0 Å². The van der Waals surface area contributed by atoms with Crippen molar-refractivity contribution in [1.29, 1.82) is 0 Å². The molecule has 4 heteroatoms. The van der Waals surface area contributed by atoms with Gasteiger partial charge in [-0.05, 0) is 47.7 Å². The molecule has 3 nitrogen and oxygen atoms in total. The lowest BCUT2D eigenvalue weighted by atomic mass is 10.2. The van der Waals surface area contributed by atoms with Gasteiger partial charge < -0.3 is 0 Å². The van der Waals surface area contributed by atoms with Gasteiger partial charge in [0.25, 0.3) is 0 Å². The van der Waals surface area contributed by atoms with Crippen molar-refractivity contribution in [2.45, 2.75) is 6.92 Å². The van der Waals surface area contributed by atoms with Crippen molar-refractivity contribution in [2.24, 2.45) is 0 Å². The summed E-state index contributed by atoms with van der Waals surface area (Å²) in [4.78, 5) is 13.2. The highest BCUT2D eigenvalue weighted by atomic mass is 127. The number of nitrogens with zero attached hydrogens (tertiary/aromatic N) is 3. The smallest absolute Gasteiger partial charge is 0.159 e. The van der Waals surface area contributed by atoms with Crippen LogP contribution in [0, 0.1) is 10.5 Å². The quantitative estimate of drug-likeness (QED) is 0.632. The van der Waals surface area contributed by atoms with Crippen LogP contribution in [-0.4, -0.2) is 15.0 Å². The molecule has 0 bridgehead atoms. The molecule has 0 amide bonds. The highest BCUT2D eigenvalue weighted by Gasteiger charge is 2.04. The maximum absolute atomic E-state index is 4.55. The molecule has 0 N–H and O–H groups in total. The molecule has 3 rings (SSSR count).